The number of hydrogen-bond acceptors (Lipinski definition) is 3. The zero-order valence-electron chi connectivity index (χ0n) is 8.79. The Morgan fingerprint density at radius 1 is 1.31 bits per heavy atom. The summed E-state index contributed by atoms with van der Waals surface area (Å²) < 4.78 is 11.0. The summed E-state index contributed by atoms with van der Waals surface area (Å²) in [5, 5.41) is 0.864. The molecule has 1 aliphatic rings. The minimum absolute atomic E-state index is 0.0196. The van der Waals surface area contributed by atoms with E-state index in [9.17, 15) is 0 Å². The molecule has 0 aromatic rings. The molecule has 0 N–H and O–H groups in total. The molecule has 1 heterocycles. The molecule has 0 radical (unpaired) electrons. The van der Waals surface area contributed by atoms with Gasteiger partial charge in [0, 0.05) is 30.6 Å². The minimum atomic E-state index is 0.0196. The molecule has 0 saturated carbocycles. The predicted molar refractivity (Wildman–Crippen MR) is 57.1 cm³/mol. The molecular weight excluding hydrogens is 184 g/mol. The van der Waals surface area contributed by atoms with Crippen LogP contribution in [0.3, 0.4) is 0 Å². The van der Waals surface area contributed by atoms with Crippen molar-refractivity contribution in [3.63, 3.8) is 0 Å². The second-order valence-electron chi connectivity index (χ2n) is 3.43. The maximum absolute atomic E-state index is 5.50. The van der Waals surface area contributed by atoms with Crippen molar-refractivity contribution in [2.75, 3.05) is 19.0 Å². The molecule has 0 spiro atoms. The van der Waals surface area contributed by atoms with Crippen molar-refractivity contribution in [3.05, 3.63) is 0 Å². The number of hydrogen-bond donors (Lipinski definition) is 0. The summed E-state index contributed by atoms with van der Waals surface area (Å²) in [5.74, 6) is 2.06. The van der Waals surface area contributed by atoms with E-state index in [1.54, 1.807) is 0 Å². The van der Waals surface area contributed by atoms with E-state index in [-0.39, 0.29) is 6.29 Å². The van der Waals surface area contributed by atoms with Crippen LogP contribution in [0.25, 0.3) is 0 Å². The van der Waals surface area contributed by atoms with Gasteiger partial charge in [-0.2, -0.15) is 11.8 Å². The first-order chi connectivity index (χ1) is 6.27. The summed E-state index contributed by atoms with van der Waals surface area (Å²) >= 11 is 2.04. The van der Waals surface area contributed by atoms with Crippen LogP contribution in [0, 0.1) is 5.92 Å². The van der Waals surface area contributed by atoms with Crippen LogP contribution in [0.1, 0.15) is 27.2 Å². The van der Waals surface area contributed by atoms with E-state index in [2.05, 4.69) is 6.92 Å². The molecule has 13 heavy (non-hydrogen) atoms. The van der Waals surface area contributed by atoms with Gasteiger partial charge in [-0.15, -0.1) is 0 Å². The van der Waals surface area contributed by atoms with E-state index in [1.807, 2.05) is 25.6 Å². The molecule has 1 saturated heterocycles. The van der Waals surface area contributed by atoms with Gasteiger partial charge < -0.3 is 9.47 Å². The van der Waals surface area contributed by atoms with Crippen molar-refractivity contribution >= 4 is 11.8 Å². The zero-order chi connectivity index (χ0) is 9.68. The topological polar surface area (TPSA) is 18.5 Å². The highest BCUT2D eigenvalue weighted by Crippen LogP contribution is 2.38. The molecule has 2 nitrogen and oxygen atoms in total. The molecule has 1 rings (SSSR count). The first-order valence-corrected chi connectivity index (χ1v) is 6.17. The lowest BCUT2D eigenvalue weighted by molar-refractivity contribution is -0.144. The number of ether oxygens (including phenoxy) is 2. The van der Waals surface area contributed by atoms with Gasteiger partial charge in [0.25, 0.3) is 0 Å². The second kappa shape index (κ2) is 5.89. The highest BCUT2D eigenvalue weighted by atomic mass is 32.2. The molecule has 0 aliphatic carbocycles. The third-order valence-corrected chi connectivity index (χ3v) is 3.45. The smallest absolute Gasteiger partial charge is 0.157 e. The minimum Gasteiger partial charge on any atom is -0.353 e. The average Bonchev–Trinajstić information content (AvgIpc) is 2.87. The summed E-state index contributed by atoms with van der Waals surface area (Å²) in [5.41, 5.74) is 0. The molecule has 0 aromatic heterocycles. The first-order valence-electron chi connectivity index (χ1n) is 5.12. The largest absolute Gasteiger partial charge is 0.353 e. The highest BCUT2D eigenvalue weighted by Gasteiger charge is 2.30. The molecule has 78 valence electrons. The molecule has 0 amide bonds. The van der Waals surface area contributed by atoms with Gasteiger partial charge in [0.15, 0.2) is 6.29 Å². The Hall–Kier alpha value is 0.270. The Kier molecular flexibility index (Phi) is 5.14. The quantitative estimate of drug-likeness (QED) is 0.469. The Labute approximate surface area is 85.4 Å². The standard InChI is InChI=1S/C10H20O2S/c1-4-11-10(12-5-2)6-8(3)9-7-13-9/h8-10H,4-7H2,1-3H3/t8-,9+/m0/s1. The van der Waals surface area contributed by atoms with Gasteiger partial charge in [-0.3, -0.25) is 0 Å². The van der Waals surface area contributed by atoms with Crippen molar-refractivity contribution in [2.24, 2.45) is 5.92 Å². The van der Waals surface area contributed by atoms with Gasteiger partial charge in [0.05, 0.1) is 0 Å². The summed E-state index contributed by atoms with van der Waals surface area (Å²) in [6.45, 7) is 7.81. The van der Waals surface area contributed by atoms with Crippen LogP contribution in [0.5, 0.6) is 0 Å². The summed E-state index contributed by atoms with van der Waals surface area (Å²) in [6, 6.07) is 0. The fraction of sp³-hybridized carbons (Fsp3) is 1.00. The third kappa shape index (κ3) is 4.34. The lowest BCUT2D eigenvalue weighted by atomic mass is 10.1. The van der Waals surface area contributed by atoms with Crippen molar-refractivity contribution in [1.29, 1.82) is 0 Å². The van der Waals surface area contributed by atoms with Gasteiger partial charge in [-0.1, -0.05) is 6.92 Å². The van der Waals surface area contributed by atoms with E-state index in [4.69, 9.17) is 9.47 Å². The SMILES string of the molecule is CCOC(C[C@H](C)[C@H]1CS1)OCC. The van der Waals surface area contributed by atoms with E-state index < -0.39 is 0 Å². The molecule has 0 bridgehead atoms. The van der Waals surface area contributed by atoms with Crippen LogP contribution in [0.4, 0.5) is 0 Å². The van der Waals surface area contributed by atoms with Gasteiger partial charge >= 0.3 is 0 Å². The van der Waals surface area contributed by atoms with Gasteiger partial charge in [-0.25, -0.2) is 0 Å². The molecule has 0 unspecified atom stereocenters. The molecule has 2 atom stereocenters. The summed E-state index contributed by atoms with van der Waals surface area (Å²) in [6.07, 6.45) is 1.06. The fourth-order valence-electron chi connectivity index (χ4n) is 1.40. The van der Waals surface area contributed by atoms with Crippen molar-refractivity contribution < 1.29 is 9.47 Å². The lowest BCUT2D eigenvalue weighted by Gasteiger charge is -2.20. The van der Waals surface area contributed by atoms with Crippen LogP contribution in [0.2, 0.25) is 0 Å². The van der Waals surface area contributed by atoms with Crippen LogP contribution in [-0.4, -0.2) is 30.5 Å². The van der Waals surface area contributed by atoms with E-state index >= 15 is 0 Å². The summed E-state index contributed by atoms with van der Waals surface area (Å²) in [4.78, 5) is 0. The van der Waals surface area contributed by atoms with Crippen LogP contribution in [0.15, 0.2) is 0 Å². The molecule has 1 fully saturated rings. The number of thioether (sulfide) groups is 1. The van der Waals surface area contributed by atoms with Gasteiger partial charge in [0.1, 0.15) is 0 Å². The Bertz CT molecular complexity index is 131. The van der Waals surface area contributed by atoms with Crippen molar-refractivity contribution in [1.82, 2.24) is 0 Å². The monoisotopic (exact) mass is 204 g/mol. The predicted octanol–water partition coefficient (Wildman–Crippen LogP) is 2.53. The average molecular weight is 204 g/mol. The first kappa shape index (κ1) is 11.3. The maximum Gasteiger partial charge on any atom is 0.157 e. The van der Waals surface area contributed by atoms with Crippen LogP contribution >= 0.6 is 11.8 Å². The lowest BCUT2D eigenvalue weighted by Crippen LogP contribution is -2.22. The molecule has 0 aromatic carbocycles. The normalized spacial score (nSPS) is 23.5. The van der Waals surface area contributed by atoms with E-state index in [1.165, 1.54) is 5.75 Å². The summed E-state index contributed by atoms with van der Waals surface area (Å²) in [7, 11) is 0. The van der Waals surface area contributed by atoms with E-state index in [0.717, 1.165) is 30.8 Å². The van der Waals surface area contributed by atoms with Crippen LogP contribution in [-0.2, 0) is 9.47 Å². The Balaban J connectivity index is 2.18. The maximum atomic E-state index is 5.50. The third-order valence-electron chi connectivity index (χ3n) is 2.26. The molecular formula is C10H20O2S. The Morgan fingerprint density at radius 2 is 1.85 bits per heavy atom. The van der Waals surface area contributed by atoms with Crippen molar-refractivity contribution in [2.45, 2.75) is 38.7 Å². The Morgan fingerprint density at radius 3 is 2.23 bits per heavy atom. The van der Waals surface area contributed by atoms with E-state index in [0.29, 0.717) is 0 Å². The van der Waals surface area contributed by atoms with Gasteiger partial charge in [-0.05, 0) is 19.8 Å². The molecule has 1 aliphatic heterocycles. The zero-order valence-corrected chi connectivity index (χ0v) is 9.60. The molecule has 3 heteroatoms. The van der Waals surface area contributed by atoms with Crippen LogP contribution < -0.4 is 0 Å². The fourth-order valence-corrected chi connectivity index (χ4v) is 2.27. The highest BCUT2D eigenvalue weighted by molar-refractivity contribution is 8.06. The second-order valence-corrected chi connectivity index (χ2v) is 4.70. The van der Waals surface area contributed by atoms with Gasteiger partial charge in [0.2, 0.25) is 0 Å². The van der Waals surface area contributed by atoms with Crippen molar-refractivity contribution in [3.8, 4) is 0 Å². The number of rotatable bonds is 7.